The van der Waals surface area contributed by atoms with Crippen LogP contribution in [0.3, 0.4) is 0 Å². The first-order valence-corrected chi connectivity index (χ1v) is 11.6. The van der Waals surface area contributed by atoms with Crippen LogP contribution < -0.4 is 0 Å². The van der Waals surface area contributed by atoms with Gasteiger partial charge in [0.15, 0.2) is 0 Å². The van der Waals surface area contributed by atoms with Crippen LogP contribution >= 0.6 is 0 Å². The quantitative estimate of drug-likeness (QED) is 0.269. The van der Waals surface area contributed by atoms with Crippen molar-refractivity contribution in [3.05, 3.63) is 142 Å². The predicted molar refractivity (Wildman–Crippen MR) is 145 cm³/mol. The standard InChI is InChI=1S/C33H32/c1-25-9-5-7-11-29(25)19-13-27-15-21-31(22-16-27)33(3,4)32-23-17-28(18-24-32)14-20-30-12-8-6-10-26(30)2/h5-24H,1-4H3. The van der Waals surface area contributed by atoms with Crippen molar-refractivity contribution in [1.29, 1.82) is 0 Å². The first kappa shape index (κ1) is 22.6. The van der Waals surface area contributed by atoms with Gasteiger partial charge in [-0.15, -0.1) is 0 Å². The summed E-state index contributed by atoms with van der Waals surface area (Å²) in [4.78, 5) is 0. The zero-order chi connectivity index (χ0) is 23.3. The van der Waals surface area contributed by atoms with Crippen molar-refractivity contribution in [2.75, 3.05) is 0 Å². The summed E-state index contributed by atoms with van der Waals surface area (Å²) in [5.41, 5.74) is 10.1. The van der Waals surface area contributed by atoms with Crippen LogP contribution in [0.4, 0.5) is 0 Å². The Morgan fingerprint density at radius 3 is 1.18 bits per heavy atom. The van der Waals surface area contributed by atoms with E-state index in [1.165, 1.54) is 44.5 Å². The van der Waals surface area contributed by atoms with E-state index in [1.807, 2.05) is 0 Å². The molecule has 0 radical (unpaired) electrons. The molecule has 0 aliphatic heterocycles. The molecule has 0 saturated carbocycles. The molecule has 0 heteroatoms. The molecule has 0 aromatic heterocycles. The maximum absolute atomic E-state index is 2.29. The number of aryl methyl sites for hydroxylation is 2. The largest absolute Gasteiger partial charge is 0.0620 e. The lowest BCUT2D eigenvalue weighted by atomic mass is 9.78. The van der Waals surface area contributed by atoms with Crippen LogP contribution in [-0.2, 0) is 5.41 Å². The first-order valence-electron chi connectivity index (χ1n) is 11.6. The van der Waals surface area contributed by atoms with Crippen molar-refractivity contribution in [2.45, 2.75) is 33.1 Å². The van der Waals surface area contributed by atoms with E-state index in [0.29, 0.717) is 0 Å². The van der Waals surface area contributed by atoms with Crippen molar-refractivity contribution in [3.8, 4) is 0 Å². The fourth-order valence-corrected chi connectivity index (χ4v) is 4.11. The first-order chi connectivity index (χ1) is 15.9. The zero-order valence-electron chi connectivity index (χ0n) is 20.0. The van der Waals surface area contributed by atoms with Crippen molar-refractivity contribution >= 4 is 24.3 Å². The number of benzene rings is 4. The van der Waals surface area contributed by atoms with E-state index in [0.717, 1.165) is 0 Å². The maximum Gasteiger partial charge on any atom is 0.0146 e. The van der Waals surface area contributed by atoms with E-state index < -0.39 is 0 Å². The van der Waals surface area contributed by atoms with Gasteiger partial charge in [0.05, 0.1) is 0 Å². The van der Waals surface area contributed by atoms with Gasteiger partial charge in [-0.1, -0.05) is 135 Å². The third-order valence-corrected chi connectivity index (χ3v) is 6.55. The van der Waals surface area contributed by atoms with Crippen molar-refractivity contribution in [1.82, 2.24) is 0 Å². The Morgan fingerprint density at radius 2 is 0.818 bits per heavy atom. The van der Waals surface area contributed by atoms with Crippen LogP contribution in [0, 0.1) is 13.8 Å². The van der Waals surface area contributed by atoms with E-state index in [-0.39, 0.29) is 5.41 Å². The normalized spacial score (nSPS) is 12.0. The van der Waals surface area contributed by atoms with Gasteiger partial charge >= 0.3 is 0 Å². The molecule has 0 heterocycles. The number of rotatable bonds is 6. The topological polar surface area (TPSA) is 0 Å². The van der Waals surface area contributed by atoms with E-state index in [4.69, 9.17) is 0 Å². The second kappa shape index (κ2) is 9.88. The highest BCUT2D eigenvalue weighted by molar-refractivity contribution is 5.72. The summed E-state index contributed by atoms with van der Waals surface area (Å²) in [6.45, 7) is 8.89. The minimum Gasteiger partial charge on any atom is -0.0620 e. The Bertz CT molecular complexity index is 1170. The van der Waals surface area contributed by atoms with Crippen LogP contribution in [-0.4, -0.2) is 0 Å². The van der Waals surface area contributed by atoms with E-state index in [1.54, 1.807) is 0 Å². The van der Waals surface area contributed by atoms with E-state index in [9.17, 15) is 0 Å². The summed E-state index contributed by atoms with van der Waals surface area (Å²) >= 11 is 0. The lowest BCUT2D eigenvalue weighted by Crippen LogP contribution is -2.18. The van der Waals surface area contributed by atoms with Crippen LogP contribution in [0.25, 0.3) is 24.3 Å². The van der Waals surface area contributed by atoms with Crippen molar-refractivity contribution in [2.24, 2.45) is 0 Å². The Morgan fingerprint density at radius 1 is 0.455 bits per heavy atom. The lowest BCUT2D eigenvalue weighted by Gasteiger charge is -2.26. The number of hydrogen-bond donors (Lipinski definition) is 0. The molecule has 164 valence electrons. The summed E-state index contributed by atoms with van der Waals surface area (Å²) in [6, 6.07) is 34.8. The molecule has 0 unspecified atom stereocenters. The van der Waals surface area contributed by atoms with Crippen LogP contribution in [0.2, 0.25) is 0 Å². The molecule has 0 spiro atoms. The van der Waals surface area contributed by atoms with Gasteiger partial charge in [0.25, 0.3) is 0 Å². The highest BCUT2D eigenvalue weighted by Gasteiger charge is 2.22. The SMILES string of the molecule is Cc1ccccc1C=Cc1ccc(C(C)(C)c2ccc(C=Cc3ccccc3C)cc2)cc1. The molecule has 0 amide bonds. The van der Waals surface area contributed by atoms with Crippen LogP contribution in [0.5, 0.6) is 0 Å². The maximum atomic E-state index is 2.29. The van der Waals surface area contributed by atoms with Gasteiger partial charge in [-0.25, -0.2) is 0 Å². The Hall–Kier alpha value is -3.64. The monoisotopic (exact) mass is 428 g/mol. The van der Waals surface area contributed by atoms with Crippen LogP contribution in [0.15, 0.2) is 97.1 Å². The van der Waals surface area contributed by atoms with Gasteiger partial charge in [0.2, 0.25) is 0 Å². The molecule has 33 heavy (non-hydrogen) atoms. The molecule has 4 aromatic carbocycles. The van der Waals surface area contributed by atoms with Gasteiger partial charge < -0.3 is 0 Å². The second-order valence-corrected chi connectivity index (χ2v) is 9.25. The Labute approximate surface area is 199 Å². The predicted octanol–water partition coefficient (Wildman–Crippen LogP) is 8.97. The molecule has 0 bridgehead atoms. The van der Waals surface area contributed by atoms with Gasteiger partial charge in [-0.2, -0.15) is 0 Å². The fourth-order valence-electron chi connectivity index (χ4n) is 4.11. The number of hydrogen-bond acceptors (Lipinski definition) is 0. The molecule has 0 saturated heterocycles. The molecule has 0 N–H and O–H groups in total. The van der Waals surface area contributed by atoms with E-state index in [2.05, 4.69) is 149 Å². The summed E-state index contributed by atoms with van der Waals surface area (Å²) in [6.07, 6.45) is 8.76. The average Bonchev–Trinajstić information content (AvgIpc) is 2.83. The van der Waals surface area contributed by atoms with Crippen LogP contribution in [0.1, 0.15) is 58.4 Å². The Balaban J connectivity index is 1.48. The fraction of sp³-hybridized carbons (Fsp3) is 0.152. The van der Waals surface area contributed by atoms with Gasteiger partial charge in [-0.05, 0) is 58.4 Å². The molecule has 4 rings (SSSR count). The minimum absolute atomic E-state index is 0.0590. The van der Waals surface area contributed by atoms with Gasteiger partial charge in [-0.3, -0.25) is 0 Å². The molecule has 0 nitrogen and oxygen atoms in total. The summed E-state index contributed by atoms with van der Waals surface area (Å²) < 4.78 is 0. The van der Waals surface area contributed by atoms with Gasteiger partial charge in [0.1, 0.15) is 0 Å². The lowest BCUT2D eigenvalue weighted by molar-refractivity contribution is 0.641. The summed E-state index contributed by atoms with van der Waals surface area (Å²) in [5, 5.41) is 0. The molecule has 0 atom stereocenters. The zero-order valence-corrected chi connectivity index (χ0v) is 20.0. The molecule has 0 fully saturated rings. The molecule has 0 aliphatic carbocycles. The highest BCUT2D eigenvalue weighted by Crippen LogP contribution is 2.32. The Kier molecular flexibility index (Phi) is 6.75. The summed E-state index contributed by atoms with van der Waals surface area (Å²) in [7, 11) is 0. The highest BCUT2D eigenvalue weighted by atomic mass is 14.3. The average molecular weight is 429 g/mol. The minimum atomic E-state index is -0.0590. The molecular formula is C33H32. The van der Waals surface area contributed by atoms with E-state index >= 15 is 0 Å². The molecular weight excluding hydrogens is 396 g/mol. The smallest absolute Gasteiger partial charge is 0.0146 e. The summed E-state index contributed by atoms with van der Waals surface area (Å²) in [5.74, 6) is 0. The molecule has 4 aromatic rings. The van der Waals surface area contributed by atoms with Gasteiger partial charge in [0, 0.05) is 5.41 Å². The third-order valence-electron chi connectivity index (χ3n) is 6.55. The van der Waals surface area contributed by atoms with Crippen molar-refractivity contribution in [3.63, 3.8) is 0 Å². The third kappa shape index (κ3) is 5.41. The van der Waals surface area contributed by atoms with Crippen molar-refractivity contribution < 1.29 is 0 Å². The molecule has 0 aliphatic rings. The second-order valence-electron chi connectivity index (χ2n) is 9.25.